The van der Waals surface area contributed by atoms with Crippen LogP contribution in [0.1, 0.15) is 44.2 Å². The van der Waals surface area contributed by atoms with Gasteiger partial charge in [-0.3, -0.25) is 4.79 Å². The van der Waals surface area contributed by atoms with Crippen LogP contribution in [0.4, 0.5) is 4.79 Å². The van der Waals surface area contributed by atoms with Crippen molar-refractivity contribution in [1.82, 2.24) is 5.32 Å². The molecule has 7 heteroatoms. The smallest absolute Gasteiger partial charge is 0.407 e. The third-order valence-corrected chi connectivity index (χ3v) is 4.91. The molecule has 164 valence electrons. The molecule has 1 atom stereocenters. The molecule has 2 aromatic carbocycles. The van der Waals surface area contributed by atoms with E-state index >= 15 is 0 Å². The molecule has 0 aliphatic heterocycles. The number of rotatable bonds is 6. The number of hydrogen-bond donors (Lipinski definition) is 1. The highest BCUT2D eigenvalue weighted by Gasteiger charge is 2.31. The lowest BCUT2D eigenvalue weighted by molar-refractivity contribution is -0.158. The summed E-state index contributed by atoms with van der Waals surface area (Å²) in [5.41, 5.74) is 3.68. The first kappa shape index (κ1) is 22.3. The summed E-state index contributed by atoms with van der Waals surface area (Å²) in [5.74, 6) is -1.48. The van der Waals surface area contributed by atoms with E-state index in [1.165, 1.54) is 7.11 Å². The van der Waals surface area contributed by atoms with Crippen LogP contribution in [0.15, 0.2) is 48.5 Å². The Bertz CT molecular complexity index is 933. The zero-order valence-electron chi connectivity index (χ0n) is 18.1. The average molecular weight is 425 g/mol. The van der Waals surface area contributed by atoms with Crippen molar-refractivity contribution in [1.29, 1.82) is 0 Å². The number of amides is 1. The summed E-state index contributed by atoms with van der Waals surface area (Å²) in [7, 11) is 1.18. The molecule has 0 heterocycles. The standard InChI is InChI=1S/C24H27NO6/c1-24(2,3)31-21(26)13-20(22(27)29-4)25-23(28)30-14-19-17-11-7-5-9-15(17)16-10-6-8-12-18(16)19/h5-12,19-20H,13-14H2,1-4H3,(H,25,28)/t20-/m1/s1. The number of esters is 2. The minimum absolute atomic E-state index is 0.0974. The summed E-state index contributed by atoms with van der Waals surface area (Å²) in [6.07, 6.45) is -1.16. The molecular weight excluding hydrogens is 398 g/mol. The second-order valence-electron chi connectivity index (χ2n) is 8.34. The first-order valence-electron chi connectivity index (χ1n) is 10.1. The number of benzene rings is 2. The Balaban J connectivity index is 1.65. The predicted molar refractivity (Wildman–Crippen MR) is 114 cm³/mol. The van der Waals surface area contributed by atoms with Crippen molar-refractivity contribution in [3.8, 4) is 11.1 Å². The molecule has 3 rings (SSSR count). The highest BCUT2D eigenvalue weighted by molar-refractivity contribution is 5.86. The van der Waals surface area contributed by atoms with E-state index < -0.39 is 29.7 Å². The number of fused-ring (bicyclic) bond motifs is 3. The summed E-state index contributed by atoms with van der Waals surface area (Å²) in [5, 5.41) is 2.42. The second-order valence-corrected chi connectivity index (χ2v) is 8.34. The largest absolute Gasteiger partial charge is 0.467 e. The maximum Gasteiger partial charge on any atom is 0.407 e. The van der Waals surface area contributed by atoms with E-state index in [0.717, 1.165) is 22.3 Å². The predicted octanol–water partition coefficient (Wildman–Crippen LogP) is 3.80. The van der Waals surface area contributed by atoms with Crippen LogP contribution in [-0.2, 0) is 23.8 Å². The molecule has 0 unspecified atom stereocenters. The number of ether oxygens (including phenoxy) is 3. The van der Waals surface area contributed by atoms with Crippen LogP contribution in [-0.4, -0.2) is 43.4 Å². The fourth-order valence-corrected chi connectivity index (χ4v) is 3.67. The lowest BCUT2D eigenvalue weighted by Crippen LogP contribution is -2.44. The number of methoxy groups -OCH3 is 1. The van der Waals surface area contributed by atoms with Gasteiger partial charge in [-0.05, 0) is 43.0 Å². The van der Waals surface area contributed by atoms with Gasteiger partial charge in [0.2, 0.25) is 0 Å². The summed E-state index contributed by atoms with van der Waals surface area (Å²) >= 11 is 0. The van der Waals surface area contributed by atoms with Gasteiger partial charge >= 0.3 is 18.0 Å². The van der Waals surface area contributed by atoms with Crippen LogP contribution in [0.3, 0.4) is 0 Å². The lowest BCUT2D eigenvalue weighted by atomic mass is 9.98. The van der Waals surface area contributed by atoms with Gasteiger partial charge < -0.3 is 19.5 Å². The Morgan fingerprint density at radius 3 is 2.03 bits per heavy atom. The van der Waals surface area contributed by atoms with E-state index in [0.29, 0.717) is 0 Å². The number of carbonyl (C=O) groups is 3. The fourth-order valence-electron chi connectivity index (χ4n) is 3.67. The van der Waals surface area contributed by atoms with Gasteiger partial charge in [-0.15, -0.1) is 0 Å². The highest BCUT2D eigenvalue weighted by atomic mass is 16.6. The van der Waals surface area contributed by atoms with Crippen molar-refractivity contribution in [2.45, 2.75) is 44.8 Å². The molecular formula is C24H27NO6. The van der Waals surface area contributed by atoms with E-state index in [1.807, 2.05) is 48.5 Å². The van der Waals surface area contributed by atoms with E-state index in [-0.39, 0.29) is 18.9 Å². The van der Waals surface area contributed by atoms with Gasteiger partial charge in [-0.2, -0.15) is 0 Å². The van der Waals surface area contributed by atoms with E-state index in [9.17, 15) is 14.4 Å². The fraction of sp³-hybridized carbons (Fsp3) is 0.375. The third kappa shape index (κ3) is 5.42. The molecule has 0 spiro atoms. The van der Waals surface area contributed by atoms with Gasteiger partial charge in [0.1, 0.15) is 18.2 Å². The van der Waals surface area contributed by atoms with Crippen molar-refractivity contribution < 1.29 is 28.6 Å². The molecule has 0 bridgehead atoms. The first-order valence-corrected chi connectivity index (χ1v) is 10.1. The van der Waals surface area contributed by atoms with Crippen molar-refractivity contribution in [2.75, 3.05) is 13.7 Å². The molecule has 0 saturated heterocycles. The number of alkyl carbamates (subject to hydrolysis) is 1. The molecule has 0 radical (unpaired) electrons. The van der Waals surface area contributed by atoms with E-state index in [2.05, 4.69) is 5.32 Å². The Hall–Kier alpha value is -3.35. The lowest BCUT2D eigenvalue weighted by Gasteiger charge is -2.22. The maximum atomic E-state index is 12.4. The van der Waals surface area contributed by atoms with E-state index in [4.69, 9.17) is 14.2 Å². The normalized spacial score (nSPS) is 13.5. The minimum atomic E-state index is -1.20. The van der Waals surface area contributed by atoms with Gasteiger partial charge in [0.15, 0.2) is 0 Å². The molecule has 1 aliphatic carbocycles. The van der Waals surface area contributed by atoms with Crippen LogP contribution >= 0.6 is 0 Å². The summed E-state index contributed by atoms with van der Waals surface area (Å²) in [4.78, 5) is 36.6. The molecule has 1 amide bonds. The Morgan fingerprint density at radius 1 is 0.968 bits per heavy atom. The molecule has 2 aromatic rings. The molecule has 1 aliphatic rings. The molecule has 1 N–H and O–H groups in total. The van der Waals surface area contributed by atoms with Crippen LogP contribution in [0.2, 0.25) is 0 Å². The number of carbonyl (C=O) groups excluding carboxylic acids is 3. The quantitative estimate of drug-likeness (QED) is 0.559. The molecule has 7 nitrogen and oxygen atoms in total. The summed E-state index contributed by atoms with van der Waals surface area (Å²) < 4.78 is 15.4. The van der Waals surface area contributed by atoms with Crippen LogP contribution in [0.25, 0.3) is 11.1 Å². The van der Waals surface area contributed by atoms with Crippen molar-refractivity contribution >= 4 is 18.0 Å². The van der Waals surface area contributed by atoms with E-state index in [1.54, 1.807) is 20.8 Å². The van der Waals surface area contributed by atoms with Gasteiger partial charge in [-0.1, -0.05) is 48.5 Å². The first-order chi connectivity index (χ1) is 14.7. The summed E-state index contributed by atoms with van der Waals surface area (Å²) in [6.45, 7) is 5.26. The maximum absolute atomic E-state index is 12.4. The van der Waals surface area contributed by atoms with Crippen LogP contribution in [0.5, 0.6) is 0 Å². The Kier molecular flexibility index (Phi) is 6.63. The van der Waals surface area contributed by atoms with Gasteiger partial charge in [0, 0.05) is 5.92 Å². The number of hydrogen-bond acceptors (Lipinski definition) is 6. The molecule has 0 aromatic heterocycles. The van der Waals surface area contributed by atoms with Gasteiger partial charge in [0.05, 0.1) is 13.5 Å². The average Bonchev–Trinajstić information content (AvgIpc) is 3.03. The molecule has 0 saturated carbocycles. The SMILES string of the molecule is COC(=O)[C@@H](CC(=O)OC(C)(C)C)NC(=O)OCC1c2ccccc2-c2ccccc21. The van der Waals surface area contributed by atoms with Crippen molar-refractivity contribution in [3.05, 3.63) is 59.7 Å². The molecule has 31 heavy (non-hydrogen) atoms. The minimum Gasteiger partial charge on any atom is -0.467 e. The topological polar surface area (TPSA) is 90.9 Å². The Morgan fingerprint density at radius 2 is 1.52 bits per heavy atom. The molecule has 0 fully saturated rings. The second kappa shape index (κ2) is 9.20. The number of nitrogens with one attached hydrogen (secondary N) is 1. The highest BCUT2D eigenvalue weighted by Crippen LogP contribution is 2.44. The zero-order valence-corrected chi connectivity index (χ0v) is 18.1. The third-order valence-electron chi connectivity index (χ3n) is 4.91. The van der Waals surface area contributed by atoms with Crippen molar-refractivity contribution in [2.24, 2.45) is 0 Å². The Labute approximate surface area is 181 Å². The van der Waals surface area contributed by atoms with Crippen LogP contribution in [0, 0.1) is 0 Å². The zero-order chi connectivity index (χ0) is 22.6. The summed E-state index contributed by atoms with van der Waals surface area (Å²) in [6, 6.07) is 14.8. The van der Waals surface area contributed by atoms with Crippen LogP contribution < -0.4 is 5.32 Å². The van der Waals surface area contributed by atoms with Gasteiger partial charge in [0.25, 0.3) is 0 Å². The van der Waals surface area contributed by atoms with Gasteiger partial charge in [-0.25, -0.2) is 9.59 Å². The monoisotopic (exact) mass is 425 g/mol. The van der Waals surface area contributed by atoms with Crippen molar-refractivity contribution in [3.63, 3.8) is 0 Å².